The summed E-state index contributed by atoms with van der Waals surface area (Å²) in [7, 11) is 0. The van der Waals surface area contributed by atoms with E-state index in [1.165, 1.54) is 33.4 Å². The van der Waals surface area contributed by atoms with Crippen molar-refractivity contribution < 1.29 is 0 Å². The molecule has 2 aliphatic rings. The largest absolute Gasteiger partial charge is 0.209 e. The van der Waals surface area contributed by atoms with E-state index in [0.29, 0.717) is 29.2 Å². The summed E-state index contributed by atoms with van der Waals surface area (Å²) >= 11 is 0. The van der Waals surface area contributed by atoms with Crippen molar-refractivity contribution in [3.05, 3.63) is 154 Å². The number of hydrogen-bond acceptors (Lipinski definition) is 6. The summed E-state index contributed by atoms with van der Waals surface area (Å²) < 4.78 is 0. The molecular formula is C50H48N6. The third kappa shape index (κ3) is 7.57. The monoisotopic (exact) mass is 732 g/mol. The molecule has 0 N–H and O–H groups in total. The van der Waals surface area contributed by atoms with Crippen LogP contribution in [0.1, 0.15) is 80.9 Å². The zero-order valence-corrected chi connectivity index (χ0v) is 33.7. The first-order valence-electron chi connectivity index (χ1n) is 19.6. The molecule has 6 heteroatoms. The van der Waals surface area contributed by atoms with Crippen molar-refractivity contribution in [2.75, 3.05) is 0 Å². The lowest BCUT2D eigenvalue weighted by atomic mass is 9.91. The van der Waals surface area contributed by atoms with Crippen LogP contribution >= 0.6 is 0 Å². The maximum Gasteiger partial charge on any atom is 0.164 e. The minimum atomic E-state index is 0.510. The average molecular weight is 733 g/mol. The van der Waals surface area contributed by atoms with Crippen LogP contribution in [-0.2, 0) is 0 Å². The number of allylic oxidation sites excluding steroid dienone is 8. The molecule has 6 aromatic rings. The Morgan fingerprint density at radius 2 is 0.946 bits per heavy atom. The highest BCUT2D eigenvalue weighted by Gasteiger charge is 2.21. The van der Waals surface area contributed by atoms with Gasteiger partial charge < -0.3 is 0 Å². The molecule has 0 saturated heterocycles. The van der Waals surface area contributed by atoms with Crippen molar-refractivity contribution in [1.82, 2.24) is 29.9 Å². The predicted molar refractivity (Wildman–Crippen MR) is 230 cm³/mol. The zero-order chi connectivity index (χ0) is 39.1. The van der Waals surface area contributed by atoms with Crippen molar-refractivity contribution in [2.45, 2.75) is 74.7 Å². The van der Waals surface area contributed by atoms with Gasteiger partial charge in [0.1, 0.15) is 0 Å². The molecule has 0 fully saturated rings. The molecule has 1 atom stereocenters. The van der Waals surface area contributed by atoms with Gasteiger partial charge in [0.25, 0.3) is 0 Å². The van der Waals surface area contributed by atoms with E-state index in [0.717, 1.165) is 81.0 Å². The highest BCUT2D eigenvalue weighted by atomic mass is 15.0. The van der Waals surface area contributed by atoms with Crippen molar-refractivity contribution in [2.24, 2.45) is 5.92 Å². The topological polar surface area (TPSA) is 77.3 Å². The summed E-state index contributed by atoms with van der Waals surface area (Å²) in [6.45, 7) is 17.2. The van der Waals surface area contributed by atoms with Crippen LogP contribution < -0.4 is 0 Å². The molecule has 2 aromatic heterocycles. The molecule has 0 radical (unpaired) electrons. The molecule has 4 aromatic carbocycles. The number of nitrogens with zero attached hydrogens (tertiary/aromatic N) is 6. The first kappa shape index (κ1) is 36.8. The second kappa shape index (κ2) is 15.2. The normalized spacial score (nSPS) is 15.7. The van der Waals surface area contributed by atoms with Gasteiger partial charge in [-0.25, -0.2) is 29.9 Å². The van der Waals surface area contributed by atoms with E-state index in [2.05, 4.69) is 159 Å². The molecule has 0 saturated carbocycles. The molecule has 0 bridgehead atoms. The smallest absolute Gasteiger partial charge is 0.164 e. The molecule has 2 heterocycles. The Kier molecular flexibility index (Phi) is 9.98. The molecule has 6 nitrogen and oxygen atoms in total. The standard InChI is InChI=1S/C50H48N6/c1-29-9-21-41(33(5)25-29)47-51-45(52-48(55-47)42-22-10-30(2)26-34(42)6)39-17-13-37(14-18-39)38-15-19-40(20-16-38)46-53-49(43-23-11-31(3)27-35(43)7)56-50(54-46)44-24-12-32(4)28-36(44)8/h9-10,13-23,25-28,31H,11-12,24H2,1-8H3. The van der Waals surface area contributed by atoms with E-state index < -0.39 is 0 Å². The molecular weight excluding hydrogens is 685 g/mol. The van der Waals surface area contributed by atoms with Crippen LogP contribution in [0.3, 0.4) is 0 Å². The summed E-state index contributed by atoms with van der Waals surface area (Å²) in [5, 5.41) is 0. The third-order valence-corrected chi connectivity index (χ3v) is 11.0. The number of aromatic nitrogens is 6. The van der Waals surface area contributed by atoms with Gasteiger partial charge in [-0.05, 0) is 107 Å². The molecule has 2 aliphatic carbocycles. The van der Waals surface area contributed by atoms with E-state index >= 15 is 0 Å². The Morgan fingerprint density at radius 3 is 1.45 bits per heavy atom. The molecule has 56 heavy (non-hydrogen) atoms. The van der Waals surface area contributed by atoms with E-state index in [1.54, 1.807) is 0 Å². The number of rotatable bonds is 7. The van der Waals surface area contributed by atoms with Gasteiger partial charge in [-0.3, -0.25) is 0 Å². The van der Waals surface area contributed by atoms with E-state index in [-0.39, 0.29) is 0 Å². The summed E-state index contributed by atoms with van der Waals surface area (Å²) in [4.78, 5) is 30.3. The van der Waals surface area contributed by atoms with Crippen molar-refractivity contribution in [3.63, 3.8) is 0 Å². The SMILES string of the molecule is CC1=CC(C)=C(c2nc(C3=CCC(C)C=C3C)nc(-c3ccc(-c4ccc(-c5nc(-c6ccc(C)cc6C)nc(-c6ccc(C)cc6C)n5)cc4)cc3)n2)CC1. The van der Waals surface area contributed by atoms with Gasteiger partial charge in [0.05, 0.1) is 0 Å². The molecule has 0 aliphatic heterocycles. The van der Waals surface area contributed by atoms with Crippen LogP contribution in [0.2, 0.25) is 0 Å². The van der Waals surface area contributed by atoms with Gasteiger partial charge >= 0.3 is 0 Å². The first-order valence-corrected chi connectivity index (χ1v) is 19.6. The van der Waals surface area contributed by atoms with Gasteiger partial charge in [0.2, 0.25) is 0 Å². The summed E-state index contributed by atoms with van der Waals surface area (Å²) in [6.07, 6.45) is 9.81. The Bertz CT molecular complexity index is 2550. The number of benzene rings is 4. The molecule has 8 rings (SSSR count). The predicted octanol–water partition coefficient (Wildman–Crippen LogP) is 12.5. The van der Waals surface area contributed by atoms with Crippen molar-refractivity contribution in [3.8, 4) is 56.7 Å². The maximum absolute atomic E-state index is 5.09. The summed E-state index contributed by atoms with van der Waals surface area (Å²) in [6, 6.07) is 29.8. The molecule has 1 unspecified atom stereocenters. The fourth-order valence-electron chi connectivity index (χ4n) is 7.91. The lowest BCUT2D eigenvalue weighted by Crippen LogP contribution is -2.09. The second-order valence-corrected chi connectivity index (χ2v) is 15.7. The molecule has 278 valence electrons. The number of hydrogen-bond donors (Lipinski definition) is 0. The van der Waals surface area contributed by atoms with Gasteiger partial charge in [-0.2, -0.15) is 0 Å². The van der Waals surface area contributed by atoms with Crippen molar-refractivity contribution in [1.29, 1.82) is 0 Å². The summed E-state index contributed by atoms with van der Waals surface area (Å²) in [5.74, 6) is 4.72. The highest BCUT2D eigenvalue weighted by Crippen LogP contribution is 2.35. The van der Waals surface area contributed by atoms with Crippen LogP contribution in [0.5, 0.6) is 0 Å². The minimum Gasteiger partial charge on any atom is -0.209 e. The molecule has 0 spiro atoms. The lowest BCUT2D eigenvalue weighted by molar-refractivity contribution is 0.730. The van der Waals surface area contributed by atoms with Gasteiger partial charge in [-0.1, -0.05) is 127 Å². The Morgan fingerprint density at radius 1 is 0.482 bits per heavy atom. The Hall–Kier alpha value is -6.14. The maximum atomic E-state index is 5.09. The average Bonchev–Trinajstić information content (AvgIpc) is 3.18. The van der Waals surface area contributed by atoms with Gasteiger partial charge in [-0.15, -0.1) is 0 Å². The van der Waals surface area contributed by atoms with E-state index in [1.807, 2.05) is 0 Å². The van der Waals surface area contributed by atoms with Crippen LogP contribution in [0.25, 0.3) is 67.8 Å². The van der Waals surface area contributed by atoms with Gasteiger partial charge in [0, 0.05) is 33.4 Å². The fraction of sp³-hybridized carbons (Fsp3) is 0.240. The Labute approximate surface area is 331 Å². The quantitative estimate of drug-likeness (QED) is 0.163. The Balaban J connectivity index is 1.13. The van der Waals surface area contributed by atoms with E-state index in [9.17, 15) is 0 Å². The minimum absolute atomic E-state index is 0.510. The van der Waals surface area contributed by atoms with Gasteiger partial charge in [0.15, 0.2) is 34.9 Å². The van der Waals surface area contributed by atoms with Crippen LogP contribution in [-0.4, -0.2) is 29.9 Å². The zero-order valence-electron chi connectivity index (χ0n) is 33.7. The first-order chi connectivity index (χ1) is 27.0. The van der Waals surface area contributed by atoms with Crippen LogP contribution in [0.15, 0.2) is 120 Å². The lowest BCUT2D eigenvalue weighted by Gasteiger charge is -2.19. The highest BCUT2D eigenvalue weighted by molar-refractivity contribution is 5.79. The van der Waals surface area contributed by atoms with Crippen molar-refractivity contribution >= 4 is 11.1 Å². The third-order valence-electron chi connectivity index (χ3n) is 11.0. The van der Waals surface area contributed by atoms with Crippen LogP contribution in [0.4, 0.5) is 0 Å². The van der Waals surface area contributed by atoms with Crippen LogP contribution in [0, 0.1) is 33.6 Å². The van der Waals surface area contributed by atoms with E-state index in [4.69, 9.17) is 29.9 Å². The fourth-order valence-corrected chi connectivity index (χ4v) is 7.91. The number of aryl methyl sites for hydroxylation is 4. The second-order valence-electron chi connectivity index (χ2n) is 15.7. The molecule has 0 amide bonds. The summed E-state index contributed by atoms with van der Waals surface area (Å²) in [5.41, 5.74) is 17.0.